The highest BCUT2D eigenvalue weighted by atomic mass is 19.4. The van der Waals surface area contributed by atoms with Crippen molar-refractivity contribution >= 4 is 0 Å². The highest BCUT2D eigenvalue weighted by molar-refractivity contribution is 4.77. The number of nitrogens with zero attached hydrogens (tertiary/aromatic N) is 1. The number of aliphatic hydroxyl groups is 1. The summed E-state index contributed by atoms with van der Waals surface area (Å²) in [5.41, 5.74) is 0. The Morgan fingerprint density at radius 2 is 1.80 bits per heavy atom. The SMILES string of the molecule is CN(CC(O)C(F)(F)F)C1CCCCC1. The summed E-state index contributed by atoms with van der Waals surface area (Å²) in [6, 6.07) is 0.204. The lowest BCUT2D eigenvalue weighted by Gasteiger charge is -2.32. The molecule has 0 saturated heterocycles. The van der Waals surface area contributed by atoms with Crippen molar-refractivity contribution in [1.82, 2.24) is 4.90 Å². The van der Waals surface area contributed by atoms with E-state index >= 15 is 0 Å². The molecule has 15 heavy (non-hydrogen) atoms. The number of aliphatic hydroxyl groups excluding tert-OH is 1. The maximum Gasteiger partial charge on any atom is 0.415 e. The van der Waals surface area contributed by atoms with Crippen LogP contribution >= 0.6 is 0 Å². The highest BCUT2D eigenvalue weighted by Gasteiger charge is 2.39. The van der Waals surface area contributed by atoms with Crippen LogP contribution in [0.4, 0.5) is 13.2 Å². The first kappa shape index (κ1) is 12.8. The second kappa shape index (κ2) is 5.16. The predicted molar refractivity (Wildman–Crippen MR) is 51.6 cm³/mol. The average molecular weight is 225 g/mol. The van der Waals surface area contributed by atoms with Gasteiger partial charge in [0.25, 0.3) is 0 Å². The molecule has 1 aliphatic rings. The minimum absolute atomic E-state index is 0.204. The highest BCUT2D eigenvalue weighted by Crippen LogP contribution is 2.25. The number of rotatable bonds is 3. The van der Waals surface area contributed by atoms with Crippen LogP contribution in [0.25, 0.3) is 0 Å². The molecule has 1 fully saturated rings. The Kier molecular flexibility index (Phi) is 4.40. The van der Waals surface area contributed by atoms with Crippen LogP contribution in [0.5, 0.6) is 0 Å². The van der Waals surface area contributed by atoms with E-state index in [9.17, 15) is 13.2 Å². The smallest absolute Gasteiger partial charge is 0.382 e. The largest absolute Gasteiger partial charge is 0.415 e. The lowest BCUT2D eigenvalue weighted by Crippen LogP contribution is -2.44. The summed E-state index contributed by atoms with van der Waals surface area (Å²) in [4.78, 5) is 1.64. The summed E-state index contributed by atoms with van der Waals surface area (Å²) in [5.74, 6) is 0. The summed E-state index contributed by atoms with van der Waals surface area (Å²) < 4.78 is 36.3. The van der Waals surface area contributed by atoms with Crippen LogP contribution in [0.15, 0.2) is 0 Å². The van der Waals surface area contributed by atoms with Crippen molar-refractivity contribution in [2.45, 2.75) is 50.4 Å². The molecule has 0 heterocycles. The van der Waals surface area contributed by atoms with E-state index in [4.69, 9.17) is 5.11 Å². The van der Waals surface area contributed by atoms with Crippen LogP contribution in [-0.2, 0) is 0 Å². The monoisotopic (exact) mass is 225 g/mol. The summed E-state index contributed by atoms with van der Waals surface area (Å²) in [6.07, 6.45) is -1.49. The van der Waals surface area contributed by atoms with Gasteiger partial charge in [0, 0.05) is 12.6 Å². The van der Waals surface area contributed by atoms with E-state index in [2.05, 4.69) is 0 Å². The van der Waals surface area contributed by atoms with E-state index < -0.39 is 12.3 Å². The summed E-state index contributed by atoms with van der Waals surface area (Å²) in [6.45, 7) is -0.311. The first-order chi connectivity index (χ1) is 6.91. The first-order valence-electron chi connectivity index (χ1n) is 5.36. The lowest BCUT2D eigenvalue weighted by molar-refractivity contribution is -0.208. The molecule has 2 nitrogen and oxygen atoms in total. The van der Waals surface area contributed by atoms with Gasteiger partial charge >= 0.3 is 6.18 Å². The number of halogens is 3. The number of hydrogen-bond donors (Lipinski definition) is 1. The second-order valence-electron chi connectivity index (χ2n) is 4.29. The van der Waals surface area contributed by atoms with Crippen molar-refractivity contribution in [3.05, 3.63) is 0 Å². The van der Waals surface area contributed by atoms with Crippen molar-refractivity contribution < 1.29 is 18.3 Å². The van der Waals surface area contributed by atoms with Crippen LogP contribution in [0.1, 0.15) is 32.1 Å². The molecule has 90 valence electrons. The van der Waals surface area contributed by atoms with Crippen LogP contribution < -0.4 is 0 Å². The normalized spacial score (nSPS) is 22.0. The molecule has 0 spiro atoms. The predicted octanol–water partition coefficient (Wildman–Crippen LogP) is 2.17. The molecule has 1 aliphatic carbocycles. The number of alkyl halides is 3. The molecule has 1 saturated carbocycles. The van der Waals surface area contributed by atoms with Crippen LogP contribution in [0, 0.1) is 0 Å². The molecule has 0 aromatic heterocycles. The van der Waals surface area contributed by atoms with Gasteiger partial charge in [-0.25, -0.2) is 0 Å². The molecule has 1 unspecified atom stereocenters. The zero-order valence-corrected chi connectivity index (χ0v) is 8.93. The molecule has 0 aliphatic heterocycles. The Bertz CT molecular complexity index is 190. The fraction of sp³-hybridized carbons (Fsp3) is 1.00. The average Bonchev–Trinajstić information content (AvgIpc) is 2.17. The second-order valence-corrected chi connectivity index (χ2v) is 4.29. The third-order valence-electron chi connectivity index (χ3n) is 3.04. The fourth-order valence-electron chi connectivity index (χ4n) is 2.05. The zero-order valence-electron chi connectivity index (χ0n) is 8.93. The third kappa shape index (κ3) is 3.99. The maximum atomic E-state index is 12.1. The summed E-state index contributed by atoms with van der Waals surface area (Å²) in [7, 11) is 1.66. The molecule has 0 amide bonds. The van der Waals surface area contributed by atoms with Gasteiger partial charge in [-0.15, -0.1) is 0 Å². The van der Waals surface area contributed by atoms with Crippen molar-refractivity contribution in [3.63, 3.8) is 0 Å². The minimum Gasteiger partial charge on any atom is -0.382 e. The van der Waals surface area contributed by atoms with E-state index in [0.29, 0.717) is 0 Å². The molecule has 1 rings (SSSR count). The Morgan fingerprint density at radius 3 is 2.27 bits per heavy atom. The van der Waals surface area contributed by atoms with Gasteiger partial charge in [-0.3, -0.25) is 0 Å². The summed E-state index contributed by atoms with van der Waals surface area (Å²) in [5, 5.41) is 8.92. The van der Waals surface area contributed by atoms with Crippen molar-refractivity contribution in [2.75, 3.05) is 13.6 Å². The molecular formula is C10H18F3NO. The molecule has 0 bridgehead atoms. The molecule has 1 atom stereocenters. The molecule has 0 aromatic rings. The van der Waals surface area contributed by atoms with E-state index in [1.807, 2.05) is 0 Å². The van der Waals surface area contributed by atoms with Gasteiger partial charge in [0.05, 0.1) is 0 Å². The van der Waals surface area contributed by atoms with Gasteiger partial charge < -0.3 is 10.0 Å². The van der Waals surface area contributed by atoms with Gasteiger partial charge in [0.2, 0.25) is 0 Å². The van der Waals surface area contributed by atoms with Crippen molar-refractivity contribution in [3.8, 4) is 0 Å². The van der Waals surface area contributed by atoms with Gasteiger partial charge in [-0.1, -0.05) is 19.3 Å². The standard InChI is InChI=1S/C10H18F3NO/c1-14(7-9(15)10(11,12)13)8-5-3-2-4-6-8/h8-9,15H,2-7H2,1H3. The topological polar surface area (TPSA) is 23.5 Å². The van der Waals surface area contributed by atoms with Crippen molar-refractivity contribution in [1.29, 1.82) is 0 Å². The Balaban J connectivity index is 2.36. The minimum atomic E-state index is -4.50. The molecule has 1 N–H and O–H groups in total. The van der Waals surface area contributed by atoms with Gasteiger partial charge in [-0.05, 0) is 19.9 Å². The van der Waals surface area contributed by atoms with Gasteiger partial charge in [0.1, 0.15) is 0 Å². The lowest BCUT2D eigenvalue weighted by atomic mass is 9.94. The third-order valence-corrected chi connectivity index (χ3v) is 3.04. The molecule has 5 heteroatoms. The Labute approximate surface area is 88.1 Å². The quantitative estimate of drug-likeness (QED) is 0.795. The zero-order chi connectivity index (χ0) is 11.5. The molecule has 0 radical (unpaired) electrons. The van der Waals surface area contributed by atoms with E-state index in [1.54, 1.807) is 11.9 Å². The molecule has 0 aromatic carbocycles. The van der Waals surface area contributed by atoms with Crippen LogP contribution in [0.3, 0.4) is 0 Å². The van der Waals surface area contributed by atoms with Crippen molar-refractivity contribution in [2.24, 2.45) is 0 Å². The Hall–Kier alpha value is -0.290. The van der Waals surface area contributed by atoms with Crippen LogP contribution in [-0.4, -0.2) is 41.9 Å². The number of hydrogen-bond acceptors (Lipinski definition) is 2. The number of likely N-dealkylation sites (N-methyl/N-ethyl adjacent to an activating group) is 1. The van der Waals surface area contributed by atoms with E-state index in [-0.39, 0.29) is 12.6 Å². The first-order valence-corrected chi connectivity index (χ1v) is 5.36. The van der Waals surface area contributed by atoms with Gasteiger partial charge in [0.15, 0.2) is 6.10 Å². The van der Waals surface area contributed by atoms with E-state index in [1.165, 1.54) is 6.42 Å². The Morgan fingerprint density at radius 1 is 1.27 bits per heavy atom. The maximum absolute atomic E-state index is 12.1. The van der Waals surface area contributed by atoms with Gasteiger partial charge in [-0.2, -0.15) is 13.2 Å². The van der Waals surface area contributed by atoms with Crippen LogP contribution in [0.2, 0.25) is 0 Å². The fourth-order valence-corrected chi connectivity index (χ4v) is 2.05. The molecular weight excluding hydrogens is 207 g/mol. The summed E-state index contributed by atoms with van der Waals surface area (Å²) >= 11 is 0. The van der Waals surface area contributed by atoms with E-state index in [0.717, 1.165) is 25.7 Å².